The van der Waals surface area contributed by atoms with E-state index in [9.17, 15) is 5.11 Å². The van der Waals surface area contributed by atoms with Crippen LogP contribution in [0.4, 0.5) is 0 Å². The Balaban J connectivity index is 2.49. The summed E-state index contributed by atoms with van der Waals surface area (Å²) < 4.78 is 1.67. The van der Waals surface area contributed by atoms with Crippen molar-refractivity contribution in [3.63, 3.8) is 0 Å². The molecule has 1 unspecified atom stereocenters. The lowest BCUT2D eigenvalue weighted by Crippen LogP contribution is -2.26. The minimum absolute atomic E-state index is 0.596. The molecule has 0 fully saturated rings. The van der Waals surface area contributed by atoms with Crippen LogP contribution in [0.1, 0.15) is 25.1 Å². The zero-order valence-electron chi connectivity index (χ0n) is 9.76. The molecule has 0 aliphatic carbocycles. The third-order valence-electron chi connectivity index (χ3n) is 2.80. The van der Waals surface area contributed by atoms with E-state index in [1.54, 1.807) is 29.9 Å². The number of hydrogen-bond acceptors (Lipinski definition) is 3. The Bertz CT molecular complexity index is 522. The highest BCUT2D eigenvalue weighted by atomic mass is 35.5. The number of nitrogens with zero attached hydrogens (tertiary/aromatic N) is 3. The fraction of sp³-hybridized carbons (Fsp3) is 0.333. The summed E-state index contributed by atoms with van der Waals surface area (Å²) in [5.41, 5.74) is 0.231. The van der Waals surface area contributed by atoms with Gasteiger partial charge in [-0.25, -0.2) is 4.68 Å². The average molecular weight is 252 g/mol. The van der Waals surface area contributed by atoms with Gasteiger partial charge >= 0.3 is 0 Å². The van der Waals surface area contributed by atoms with Crippen LogP contribution in [0.2, 0.25) is 5.02 Å². The highest BCUT2D eigenvalue weighted by molar-refractivity contribution is 6.30. The Morgan fingerprint density at radius 1 is 1.47 bits per heavy atom. The Morgan fingerprint density at radius 3 is 2.88 bits per heavy atom. The molecule has 0 bridgehead atoms. The van der Waals surface area contributed by atoms with Crippen molar-refractivity contribution in [3.05, 3.63) is 46.7 Å². The maximum atomic E-state index is 10.6. The smallest absolute Gasteiger partial charge is 0.130 e. The van der Waals surface area contributed by atoms with Gasteiger partial charge in [0, 0.05) is 11.6 Å². The summed E-state index contributed by atoms with van der Waals surface area (Å²) in [6.45, 7) is 4.32. The molecule has 0 radical (unpaired) electrons. The second kappa shape index (κ2) is 4.47. The first kappa shape index (κ1) is 12.1. The zero-order valence-corrected chi connectivity index (χ0v) is 10.5. The van der Waals surface area contributed by atoms with Gasteiger partial charge in [-0.3, -0.25) is 0 Å². The largest absolute Gasteiger partial charge is 0.379 e. The van der Waals surface area contributed by atoms with Gasteiger partial charge in [-0.2, -0.15) is 0 Å². The highest BCUT2D eigenvalue weighted by Crippen LogP contribution is 2.29. The van der Waals surface area contributed by atoms with E-state index in [0.29, 0.717) is 17.3 Å². The Kier molecular flexibility index (Phi) is 3.17. The third-order valence-corrected chi connectivity index (χ3v) is 3.04. The minimum atomic E-state index is -1.15. The summed E-state index contributed by atoms with van der Waals surface area (Å²) in [6, 6.07) is 7.16. The molecule has 1 aromatic heterocycles. The first-order chi connectivity index (χ1) is 8.05. The summed E-state index contributed by atoms with van der Waals surface area (Å²) in [6.07, 6.45) is 1.57. The molecule has 1 heterocycles. The molecule has 0 spiro atoms. The van der Waals surface area contributed by atoms with E-state index in [1.807, 2.05) is 19.1 Å². The fourth-order valence-corrected chi connectivity index (χ4v) is 2.00. The first-order valence-corrected chi connectivity index (χ1v) is 5.81. The van der Waals surface area contributed by atoms with Crippen molar-refractivity contribution >= 4 is 11.6 Å². The summed E-state index contributed by atoms with van der Waals surface area (Å²) in [4.78, 5) is 0. The normalized spacial score (nSPS) is 14.6. The third kappa shape index (κ3) is 2.18. The summed E-state index contributed by atoms with van der Waals surface area (Å²) >= 11 is 5.94. The van der Waals surface area contributed by atoms with Crippen LogP contribution < -0.4 is 0 Å². The molecule has 1 N–H and O–H groups in total. The van der Waals surface area contributed by atoms with Crippen LogP contribution in [-0.2, 0) is 12.1 Å². The average Bonchev–Trinajstić information content (AvgIpc) is 2.77. The number of aryl methyl sites for hydroxylation is 1. The molecule has 2 aromatic rings. The number of halogens is 1. The number of benzene rings is 1. The van der Waals surface area contributed by atoms with E-state index in [2.05, 4.69) is 10.3 Å². The van der Waals surface area contributed by atoms with Crippen LogP contribution in [0.3, 0.4) is 0 Å². The van der Waals surface area contributed by atoms with Crippen molar-refractivity contribution in [1.82, 2.24) is 15.0 Å². The first-order valence-electron chi connectivity index (χ1n) is 5.43. The molecule has 0 saturated carbocycles. The van der Waals surface area contributed by atoms with E-state index < -0.39 is 5.60 Å². The predicted octanol–water partition coefficient (Wildman–Crippen LogP) is 2.21. The van der Waals surface area contributed by atoms with Crippen molar-refractivity contribution in [1.29, 1.82) is 0 Å². The SMILES string of the molecule is CCn1nncc1C(C)(O)c1cccc(Cl)c1. The molecular weight excluding hydrogens is 238 g/mol. The monoisotopic (exact) mass is 251 g/mol. The Hall–Kier alpha value is -1.39. The lowest BCUT2D eigenvalue weighted by molar-refractivity contribution is 0.0918. The maximum Gasteiger partial charge on any atom is 0.130 e. The molecule has 0 aliphatic heterocycles. The highest BCUT2D eigenvalue weighted by Gasteiger charge is 2.29. The van der Waals surface area contributed by atoms with E-state index in [-0.39, 0.29) is 0 Å². The molecule has 2 rings (SSSR count). The summed E-state index contributed by atoms with van der Waals surface area (Å²) in [5, 5.41) is 19.0. The van der Waals surface area contributed by atoms with Gasteiger partial charge in [0.05, 0.1) is 11.9 Å². The van der Waals surface area contributed by atoms with Crippen LogP contribution in [-0.4, -0.2) is 20.1 Å². The summed E-state index contributed by atoms with van der Waals surface area (Å²) in [5.74, 6) is 0. The van der Waals surface area contributed by atoms with Gasteiger partial charge in [-0.1, -0.05) is 28.9 Å². The van der Waals surface area contributed by atoms with Gasteiger partial charge in [-0.15, -0.1) is 5.10 Å². The Labute approximate surface area is 105 Å². The van der Waals surface area contributed by atoms with Crippen molar-refractivity contribution in [3.8, 4) is 0 Å². The van der Waals surface area contributed by atoms with Gasteiger partial charge in [0.25, 0.3) is 0 Å². The minimum Gasteiger partial charge on any atom is -0.379 e. The molecule has 0 aliphatic rings. The standard InChI is InChI=1S/C12H14ClN3O/c1-3-16-11(8-14-15-16)12(2,17)9-5-4-6-10(13)7-9/h4-8,17H,3H2,1-2H3. The number of rotatable bonds is 3. The quantitative estimate of drug-likeness (QED) is 0.910. The van der Waals surface area contributed by atoms with Crippen LogP contribution in [0.5, 0.6) is 0 Å². The molecule has 90 valence electrons. The summed E-state index contributed by atoms with van der Waals surface area (Å²) in [7, 11) is 0. The molecule has 0 saturated heterocycles. The number of aliphatic hydroxyl groups is 1. The molecule has 4 nitrogen and oxygen atoms in total. The van der Waals surface area contributed by atoms with E-state index in [0.717, 1.165) is 5.56 Å². The number of hydrogen-bond donors (Lipinski definition) is 1. The van der Waals surface area contributed by atoms with Gasteiger partial charge in [-0.05, 0) is 31.5 Å². The topological polar surface area (TPSA) is 50.9 Å². The Morgan fingerprint density at radius 2 is 2.24 bits per heavy atom. The maximum absolute atomic E-state index is 10.6. The molecule has 17 heavy (non-hydrogen) atoms. The van der Waals surface area contributed by atoms with Crippen molar-refractivity contribution in [2.24, 2.45) is 0 Å². The van der Waals surface area contributed by atoms with E-state index in [4.69, 9.17) is 11.6 Å². The fourth-order valence-electron chi connectivity index (χ4n) is 1.81. The molecule has 1 atom stereocenters. The van der Waals surface area contributed by atoms with Gasteiger partial charge in [0.1, 0.15) is 5.60 Å². The van der Waals surface area contributed by atoms with E-state index in [1.165, 1.54) is 0 Å². The lowest BCUT2D eigenvalue weighted by Gasteiger charge is -2.24. The van der Waals surface area contributed by atoms with E-state index >= 15 is 0 Å². The molecule has 1 aromatic carbocycles. The van der Waals surface area contributed by atoms with Crippen molar-refractivity contribution < 1.29 is 5.11 Å². The molecule has 0 amide bonds. The number of aromatic nitrogens is 3. The van der Waals surface area contributed by atoms with Crippen molar-refractivity contribution in [2.45, 2.75) is 26.0 Å². The second-order valence-corrected chi connectivity index (χ2v) is 4.45. The van der Waals surface area contributed by atoms with Gasteiger partial charge < -0.3 is 5.11 Å². The van der Waals surface area contributed by atoms with Crippen LogP contribution in [0.15, 0.2) is 30.5 Å². The zero-order chi connectivity index (χ0) is 12.5. The van der Waals surface area contributed by atoms with Crippen molar-refractivity contribution in [2.75, 3.05) is 0 Å². The molecular formula is C12H14ClN3O. The van der Waals surface area contributed by atoms with Crippen LogP contribution >= 0.6 is 11.6 Å². The van der Waals surface area contributed by atoms with Crippen LogP contribution in [0.25, 0.3) is 0 Å². The van der Waals surface area contributed by atoms with Crippen LogP contribution in [0, 0.1) is 0 Å². The van der Waals surface area contributed by atoms with Gasteiger partial charge in [0.15, 0.2) is 0 Å². The molecule has 5 heteroatoms. The predicted molar refractivity (Wildman–Crippen MR) is 65.8 cm³/mol. The van der Waals surface area contributed by atoms with Gasteiger partial charge in [0.2, 0.25) is 0 Å². The second-order valence-electron chi connectivity index (χ2n) is 4.02. The lowest BCUT2D eigenvalue weighted by atomic mass is 9.93.